The van der Waals surface area contributed by atoms with Gasteiger partial charge in [-0.25, -0.2) is 0 Å². The maximum atomic E-state index is 8.82. The number of hydrogen-bond donors (Lipinski definition) is 2. The molecule has 0 spiro atoms. The fraction of sp³-hybridized carbons (Fsp3) is 0.222. The van der Waals surface area contributed by atoms with Crippen LogP contribution in [0.5, 0.6) is 5.75 Å². The minimum Gasteiger partial charge on any atom is -0.491 e. The molecule has 0 aliphatic heterocycles. The van der Waals surface area contributed by atoms with Crippen LogP contribution in [-0.2, 0) is 0 Å². The second kappa shape index (κ2) is 7.50. The van der Waals surface area contributed by atoms with E-state index in [-0.39, 0.29) is 6.61 Å². The molecular formula is C18H21NO2. The Bertz CT molecular complexity index is 603. The minimum absolute atomic E-state index is 0.0247. The lowest BCUT2D eigenvalue weighted by atomic mass is 10.1. The normalized spacial score (nSPS) is 10.8. The van der Waals surface area contributed by atoms with Gasteiger partial charge in [0.1, 0.15) is 12.4 Å². The van der Waals surface area contributed by atoms with Crippen LogP contribution in [0, 0.1) is 6.92 Å². The second-order valence-corrected chi connectivity index (χ2v) is 4.86. The van der Waals surface area contributed by atoms with E-state index < -0.39 is 0 Å². The van der Waals surface area contributed by atoms with Crippen LogP contribution >= 0.6 is 0 Å². The fourth-order valence-electron chi connectivity index (χ4n) is 2.07. The Morgan fingerprint density at radius 2 is 1.76 bits per heavy atom. The summed E-state index contributed by atoms with van der Waals surface area (Å²) in [4.78, 5) is 0. The van der Waals surface area contributed by atoms with Gasteiger partial charge in [0.15, 0.2) is 0 Å². The molecule has 0 aliphatic carbocycles. The van der Waals surface area contributed by atoms with Gasteiger partial charge in [0.05, 0.1) is 6.61 Å². The number of aliphatic hydroxyl groups is 1. The van der Waals surface area contributed by atoms with Crippen LogP contribution in [0.15, 0.2) is 42.5 Å². The number of hydrogen-bond acceptors (Lipinski definition) is 3. The van der Waals surface area contributed by atoms with Crippen LogP contribution in [0.3, 0.4) is 0 Å². The summed E-state index contributed by atoms with van der Waals surface area (Å²) in [5.74, 6) is 0.786. The van der Waals surface area contributed by atoms with Crippen molar-refractivity contribution in [1.29, 1.82) is 0 Å². The molecule has 21 heavy (non-hydrogen) atoms. The molecule has 0 saturated heterocycles. The van der Waals surface area contributed by atoms with Crippen LogP contribution in [0.25, 0.3) is 12.2 Å². The van der Waals surface area contributed by atoms with Gasteiger partial charge in [-0.15, -0.1) is 0 Å². The van der Waals surface area contributed by atoms with E-state index in [0.29, 0.717) is 6.61 Å². The van der Waals surface area contributed by atoms with Crippen LogP contribution in [0.4, 0.5) is 5.69 Å². The van der Waals surface area contributed by atoms with Crippen LogP contribution < -0.4 is 10.1 Å². The van der Waals surface area contributed by atoms with E-state index >= 15 is 0 Å². The van der Waals surface area contributed by atoms with Crippen molar-refractivity contribution in [1.82, 2.24) is 0 Å². The Morgan fingerprint density at radius 1 is 1.05 bits per heavy atom. The second-order valence-electron chi connectivity index (χ2n) is 4.86. The first-order valence-corrected chi connectivity index (χ1v) is 7.02. The number of nitrogens with one attached hydrogen (secondary N) is 1. The molecule has 0 amide bonds. The molecule has 0 unspecified atom stereocenters. The van der Waals surface area contributed by atoms with E-state index in [1.807, 2.05) is 38.2 Å². The smallest absolute Gasteiger partial charge is 0.120 e. The van der Waals surface area contributed by atoms with E-state index in [4.69, 9.17) is 9.84 Å². The molecule has 0 saturated carbocycles. The van der Waals surface area contributed by atoms with Crippen molar-refractivity contribution in [2.24, 2.45) is 0 Å². The van der Waals surface area contributed by atoms with Gasteiger partial charge in [-0.2, -0.15) is 0 Å². The summed E-state index contributed by atoms with van der Waals surface area (Å²) >= 11 is 0. The van der Waals surface area contributed by atoms with E-state index in [2.05, 4.69) is 35.7 Å². The van der Waals surface area contributed by atoms with Crippen molar-refractivity contribution in [3.63, 3.8) is 0 Å². The van der Waals surface area contributed by atoms with Gasteiger partial charge in [-0.1, -0.05) is 30.4 Å². The molecule has 2 aromatic carbocycles. The molecule has 0 aromatic heterocycles. The zero-order chi connectivity index (χ0) is 15.1. The van der Waals surface area contributed by atoms with Crippen LogP contribution in [0.2, 0.25) is 0 Å². The molecule has 0 radical (unpaired) electrons. The largest absolute Gasteiger partial charge is 0.491 e. The Balaban J connectivity index is 2.13. The zero-order valence-electron chi connectivity index (χ0n) is 12.5. The SMILES string of the molecule is CNc1ccc(/C=C/c2cc(C)cc(OCCO)c2)cc1. The number of anilines is 1. The molecule has 0 atom stereocenters. The zero-order valence-corrected chi connectivity index (χ0v) is 12.5. The van der Waals surface area contributed by atoms with Gasteiger partial charge in [0.25, 0.3) is 0 Å². The van der Waals surface area contributed by atoms with E-state index in [1.165, 1.54) is 0 Å². The highest BCUT2D eigenvalue weighted by Gasteiger charge is 1.98. The van der Waals surface area contributed by atoms with Crippen molar-refractivity contribution >= 4 is 17.8 Å². The molecule has 3 heteroatoms. The van der Waals surface area contributed by atoms with Crippen molar-refractivity contribution in [3.8, 4) is 5.75 Å². The monoisotopic (exact) mass is 283 g/mol. The van der Waals surface area contributed by atoms with Crippen molar-refractivity contribution in [3.05, 3.63) is 59.2 Å². The number of ether oxygens (including phenoxy) is 1. The number of aryl methyl sites for hydroxylation is 1. The lowest BCUT2D eigenvalue weighted by Gasteiger charge is -2.06. The summed E-state index contributed by atoms with van der Waals surface area (Å²) in [6.07, 6.45) is 4.14. The van der Waals surface area contributed by atoms with Gasteiger partial charge in [-0.05, 0) is 47.9 Å². The molecular weight excluding hydrogens is 262 g/mol. The minimum atomic E-state index is 0.0247. The number of benzene rings is 2. The Labute approximate surface area is 125 Å². The Hall–Kier alpha value is -2.26. The van der Waals surface area contributed by atoms with Crippen LogP contribution in [-0.4, -0.2) is 25.4 Å². The average Bonchev–Trinajstić information content (AvgIpc) is 2.51. The molecule has 2 rings (SSSR count). The molecule has 110 valence electrons. The van der Waals surface area contributed by atoms with Crippen molar-refractivity contribution in [2.75, 3.05) is 25.6 Å². The van der Waals surface area contributed by atoms with E-state index in [0.717, 1.165) is 28.1 Å². The van der Waals surface area contributed by atoms with Gasteiger partial charge in [0.2, 0.25) is 0 Å². The quantitative estimate of drug-likeness (QED) is 0.796. The number of rotatable bonds is 6. The third kappa shape index (κ3) is 4.65. The summed E-state index contributed by atoms with van der Waals surface area (Å²) < 4.78 is 5.47. The first-order valence-electron chi connectivity index (χ1n) is 7.02. The summed E-state index contributed by atoms with van der Waals surface area (Å²) in [6.45, 7) is 2.37. The summed E-state index contributed by atoms with van der Waals surface area (Å²) in [6, 6.07) is 14.3. The van der Waals surface area contributed by atoms with Gasteiger partial charge in [0, 0.05) is 12.7 Å². The van der Waals surface area contributed by atoms with Gasteiger partial charge in [-0.3, -0.25) is 0 Å². The van der Waals surface area contributed by atoms with Crippen molar-refractivity contribution in [2.45, 2.75) is 6.92 Å². The van der Waals surface area contributed by atoms with E-state index in [9.17, 15) is 0 Å². The lowest BCUT2D eigenvalue weighted by molar-refractivity contribution is 0.201. The summed E-state index contributed by atoms with van der Waals surface area (Å²) in [7, 11) is 1.91. The predicted molar refractivity (Wildman–Crippen MR) is 88.7 cm³/mol. The lowest BCUT2D eigenvalue weighted by Crippen LogP contribution is -2.01. The highest BCUT2D eigenvalue weighted by Crippen LogP contribution is 2.19. The van der Waals surface area contributed by atoms with Gasteiger partial charge < -0.3 is 15.2 Å². The average molecular weight is 283 g/mol. The molecule has 2 aromatic rings. The highest BCUT2D eigenvalue weighted by atomic mass is 16.5. The first kappa shape index (κ1) is 15.1. The van der Waals surface area contributed by atoms with Crippen LogP contribution in [0.1, 0.15) is 16.7 Å². The molecule has 0 aliphatic rings. The molecule has 3 nitrogen and oxygen atoms in total. The maximum absolute atomic E-state index is 8.82. The Morgan fingerprint density at radius 3 is 2.43 bits per heavy atom. The van der Waals surface area contributed by atoms with Crippen molar-refractivity contribution < 1.29 is 9.84 Å². The summed E-state index contributed by atoms with van der Waals surface area (Å²) in [5, 5.41) is 11.9. The molecule has 0 fully saturated rings. The third-order valence-corrected chi connectivity index (χ3v) is 3.10. The summed E-state index contributed by atoms with van der Waals surface area (Å²) in [5.41, 5.74) is 4.46. The maximum Gasteiger partial charge on any atom is 0.120 e. The fourth-order valence-corrected chi connectivity index (χ4v) is 2.07. The van der Waals surface area contributed by atoms with Gasteiger partial charge >= 0.3 is 0 Å². The third-order valence-electron chi connectivity index (χ3n) is 3.10. The molecule has 0 bridgehead atoms. The number of aliphatic hydroxyl groups excluding tert-OH is 1. The Kier molecular flexibility index (Phi) is 5.41. The highest BCUT2D eigenvalue weighted by molar-refractivity contribution is 5.71. The molecule has 0 heterocycles. The molecule has 2 N–H and O–H groups in total. The first-order chi connectivity index (χ1) is 10.2. The topological polar surface area (TPSA) is 41.5 Å². The standard InChI is InChI=1S/C18H21NO2/c1-14-11-16(13-18(12-14)21-10-9-20)4-3-15-5-7-17(19-2)8-6-15/h3-8,11-13,19-20H,9-10H2,1-2H3/b4-3+. The predicted octanol–water partition coefficient (Wildman–Crippen LogP) is 3.58. The van der Waals surface area contributed by atoms with E-state index in [1.54, 1.807) is 0 Å².